The molecule has 0 aromatic rings. The van der Waals surface area contributed by atoms with Gasteiger partial charge in [-0.05, 0) is 52.4 Å². The second kappa shape index (κ2) is 7.11. The van der Waals surface area contributed by atoms with Crippen molar-refractivity contribution in [1.82, 2.24) is 10.6 Å². The van der Waals surface area contributed by atoms with Crippen LogP contribution in [0.15, 0.2) is 0 Å². The summed E-state index contributed by atoms with van der Waals surface area (Å²) in [5.74, 6) is -0.437. The van der Waals surface area contributed by atoms with Gasteiger partial charge >= 0.3 is 12.0 Å². The molecule has 0 aromatic carbocycles. The van der Waals surface area contributed by atoms with Crippen molar-refractivity contribution in [2.45, 2.75) is 64.5 Å². The lowest BCUT2D eigenvalue weighted by atomic mass is 9.77. The van der Waals surface area contributed by atoms with Gasteiger partial charge in [0.05, 0.1) is 5.60 Å². The fourth-order valence-corrected chi connectivity index (χ4v) is 2.64. The van der Waals surface area contributed by atoms with Crippen molar-refractivity contribution in [3.8, 4) is 0 Å². The fraction of sp³-hybridized carbons (Fsp3) is 0.867. The first-order valence-corrected chi connectivity index (χ1v) is 7.64. The molecule has 0 unspecified atom stereocenters. The van der Waals surface area contributed by atoms with Crippen LogP contribution in [0.2, 0.25) is 0 Å². The molecule has 2 amide bonds. The smallest absolute Gasteiger partial charge is 0.329 e. The van der Waals surface area contributed by atoms with Crippen LogP contribution in [0.5, 0.6) is 0 Å². The van der Waals surface area contributed by atoms with E-state index in [0.717, 1.165) is 12.8 Å². The van der Waals surface area contributed by atoms with Crippen LogP contribution >= 0.6 is 0 Å². The van der Waals surface area contributed by atoms with Gasteiger partial charge in [0, 0.05) is 13.2 Å². The molecule has 1 fully saturated rings. The number of aliphatic carboxylic acids is 1. The number of carbonyl (C=O) groups excluding carboxylic acids is 1. The van der Waals surface area contributed by atoms with E-state index in [4.69, 9.17) is 4.74 Å². The van der Waals surface area contributed by atoms with Gasteiger partial charge < -0.3 is 20.5 Å². The predicted molar refractivity (Wildman–Crippen MR) is 80.2 cm³/mol. The van der Waals surface area contributed by atoms with Gasteiger partial charge in [0.1, 0.15) is 5.54 Å². The van der Waals surface area contributed by atoms with Crippen molar-refractivity contribution >= 4 is 12.0 Å². The zero-order valence-electron chi connectivity index (χ0n) is 13.5. The summed E-state index contributed by atoms with van der Waals surface area (Å²) < 4.78 is 5.50. The SMILES string of the molecule is CCOC(C)(C)CNC(=O)NC1(C(=O)O)CCC(C)CC1. The fourth-order valence-electron chi connectivity index (χ4n) is 2.64. The van der Waals surface area contributed by atoms with Crippen LogP contribution in [0, 0.1) is 5.92 Å². The summed E-state index contributed by atoms with van der Waals surface area (Å²) in [5.41, 5.74) is -1.60. The van der Waals surface area contributed by atoms with E-state index in [-0.39, 0.29) is 0 Å². The first-order valence-electron chi connectivity index (χ1n) is 7.64. The first-order chi connectivity index (χ1) is 9.71. The highest BCUT2D eigenvalue weighted by atomic mass is 16.5. The van der Waals surface area contributed by atoms with Gasteiger partial charge in [-0.3, -0.25) is 0 Å². The maximum atomic E-state index is 12.0. The molecule has 0 bridgehead atoms. The number of amides is 2. The van der Waals surface area contributed by atoms with Crippen LogP contribution in [-0.4, -0.2) is 41.4 Å². The normalized spacial score (nSPS) is 26.2. The van der Waals surface area contributed by atoms with E-state index in [2.05, 4.69) is 17.6 Å². The van der Waals surface area contributed by atoms with E-state index in [1.807, 2.05) is 20.8 Å². The van der Waals surface area contributed by atoms with Crippen LogP contribution in [0.3, 0.4) is 0 Å². The number of nitrogens with one attached hydrogen (secondary N) is 2. The van der Waals surface area contributed by atoms with Gasteiger partial charge in [-0.25, -0.2) is 9.59 Å². The van der Waals surface area contributed by atoms with Gasteiger partial charge in [0.25, 0.3) is 0 Å². The average Bonchev–Trinajstić information content (AvgIpc) is 2.39. The molecule has 3 N–H and O–H groups in total. The summed E-state index contributed by atoms with van der Waals surface area (Å²) in [7, 11) is 0. The Kier molecular flexibility index (Phi) is 6.01. The molecule has 21 heavy (non-hydrogen) atoms. The monoisotopic (exact) mass is 300 g/mol. The van der Waals surface area contributed by atoms with Crippen LogP contribution in [-0.2, 0) is 9.53 Å². The molecule has 1 saturated carbocycles. The van der Waals surface area contributed by atoms with E-state index in [9.17, 15) is 14.7 Å². The van der Waals surface area contributed by atoms with Crippen molar-refractivity contribution in [3.63, 3.8) is 0 Å². The average molecular weight is 300 g/mol. The van der Waals surface area contributed by atoms with Crippen molar-refractivity contribution in [2.75, 3.05) is 13.2 Å². The molecule has 1 aliphatic carbocycles. The summed E-state index contributed by atoms with van der Waals surface area (Å²) in [5, 5.41) is 14.8. The summed E-state index contributed by atoms with van der Waals surface area (Å²) in [6.45, 7) is 8.66. The quantitative estimate of drug-likeness (QED) is 0.701. The second-order valence-corrected chi connectivity index (χ2v) is 6.57. The predicted octanol–water partition coefficient (Wildman–Crippen LogP) is 2.13. The van der Waals surface area contributed by atoms with Crippen molar-refractivity contribution in [1.29, 1.82) is 0 Å². The first kappa shape index (κ1) is 17.8. The van der Waals surface area contributed by atoms with Gasteiger partial charge in [0.15, 0.2) is 0 Å². The zero-order valence-corrected chi connectivity index (χ0v) is 13.5. The Hall–Kier alpha value is -1.30. The van der Waals surface area contributed by atoms with E-state index in [1.54, 1.807) is 0 Å². The molecule has 0 spiro atoms. The third-order valence-corrected chi connectivity index (χ3v) is 4.10. The number of ether oxygens (including phenoxy) is 1. The topological polar surface area (TPSA) is 87.7 Å². The lowest BCUT2D eigenvalue weighted by molar-refractivity contribution is -0.146. The minimum absolute atomic E-state index is 0.332. The number of hydrogen-bond donors (Lipinski definition) is 3. The molecule has 6 heteroatoms. The largest absolute Gasteiger partial charge is 0.480 e. The maximum Gasteiger partial charge on any atom is 0.329 e. The molecule has 122 valence electrons. The van der Waals surface area contributed by atoms with Crippen LogP contribution in [0.4, 0.5) is 4.79 Å². The summed E-state index contributed by atoms with van der Waals surface area (Å²) >= 11 is 0. The molecule has 1 aliphatic rings. The highest BCUT2D eigenvalue weighted by Gasteiger charge is 2.42. The molecule has 0 saturated heterocycles. The summed E-state index contributed by atoms with van der Waals surface area (Å²) in [6.07, 6.45) is 2.59. The Morgan fingerprint density at radius 3 is 2.38 bits per heavy atom. The minimum Gasteiger partial charge on any atom is -0.480 e. The Bertz CT molecular complexity index is 374. The number of urea groups is 1. The van der Waals surface area contributed by atoms with Gasteiger partial charge in [-0.2, -0.15) is 0 Å². The number of hydrogen-bond acceptors (Lipinski definition) is 3. The van der Waals surface area contributed by atoms with Crippen molar-refractivity contribution in [3.05, 3.63) is 0 Å². The third-order valence-electron chi connectivity index (χ3n) is 4.10. The highest BCUT2D eigenvalue weighted by Crippen LogP contribution is 2.32. The van der Waals surface area contributed by atoms with E-state index in [1.165, 1.54) is 0 Å². The molecule has 6 nitrogen and oxygen atoms in total. The highest BCUT2D eigenvalue weighted by molar-refractivity contribution is 5.86. The standard InChI is InChI=1S/C15H28N2O4/c1-5-21-14(3,4)10-16-13(20)17-15(12(18)19)8-6-11(2)7-9-15/h11H,5-10H2,1-4H3,(H,18,19)(H2,16,17,20). The molecule has 0 aliphatic heterocycles. The second-order valence-electron chi connectivity index (χ2n) is 6.57. The van der Waals surface area contributed by atoms with E-state index < -0.39 is 23.1 Å². The molecule has 0 heterocycles. The van der Waals surface area contributed by atoms with Gasteiger partial charge in [-0.1, -0.05) is 6.92 Å². The van der Waals surface area contributed by atoms with Crippen molar-refractivity contribution < 1.29 is 19.4 Å². The van der Waals surface area contributed by atoms with Gasteiger partial charge in [0.2, 0.25) is 0 Å². The number of carboxylic acid groups (broad SMARTS) is 1. The Morgan fingerprint density at radius 2 is 1.90 bits per heavy atom. The number of carboxylic acids is 1. The number of rotatable bonds is 6. The van der Waals surface area contributed by atoms with E-state index >= 15 is 0 Å². The van der Waals surface area contributed by atoms with Crippen LogP contribution in [0.1, 0.15) is 53.4 Å². The van der Waals surface area contributed by atoms with E-state index in [0.29, 0.717) is 31.9 Å². The van der Waals surface area contributed by atoms with Crippen LogP contribution in [0.25, 0.3) is 0 Å². The Labute approximate surface area is 126 Å². The summed E-state index contributed by atoms with van der Waals surface area (Å²) in [4.78, 5) is 23.6. The maximum absolute atomic E-state index is 12.0. The lowest BCUT2D eigenvalue weighted by Gasteiger charge is -2.36. The molecule has 0 aromatic heterocycles. The Balaban J connectivity index is 2.56. The van der Waals surface area contributed by atoms with Gasteiger partial charge in [-0.15, -0.1) is 0 Å². The number of carbonyl (C=O) groups is 2. The molecule has 0 atom stereocenters. The molecular weight excluding hydrogens is 272 g/mol. The molecule has 0 radical (unpaired) electrons. The Morgan fingerprint density at radius 1 is 1.33 bits per heavy atom. The van der Waals surface area contributed by atoms with Crippen LogP contribution < -0.4 is 10.6 Å². The molecule has 1 rings (SSSR count). The zero-order chi connectivity index (χ0) is 16.1. The van der Waals surface area contributed by atoms with Crippen molar-refractivity contribution in [2.24, 2.45) is 5.92 Å². The third kappa shape index (κ3) is 5.19. The minimum atomic E-state index is -1.13. The summed E-state index contributed by atoms with van der Waals surface area (Å²) in [6, 6.07) is -0.445. The lowest BCUT2D eigenvalue weighted by Crippen LogP contribution is -2.59. The molecular formula is C15H28N2O4.